The van der Waals surface area contributed by atoms with Gasteiger partial charge in [-0.3, -0.25) is 4.79 Å². The number of allylic oxidation sites excluding steroid dienone is 1. The van der Waals surface area contributed by atoms with Crippen LogP contribution in [0, 0.1) is 0 Å². The van der Waals surface area contributed by atoms with Gasteiger partial charge in [-0.05, 0) is 6.92 Å². The third kappa shape index (κ3) is 0.954. The van der Waals surface area contributed by atoms with E-state index in [1.807, 2.05) is 13.0 Å². The van der Waals surface area contributed by atoms with Crippen molar-refractivity contribution in [3.8, 4) is 0 Å². The van der Waals surface area contributed by atoms with Gasteiger partial charge in [0.25, 0.3) is 0 Å². The van der Waals surface area contributed by atoms with E-state index in [0.717, 1.165) is 18.4 Å². The molecule has 0 bridgehead atoms. The van der Waals surface area contributed by atoms with E-state index in [1.54, 1.807) is 0 Å². The molecule has 0 spiro atoms. The van der Waals surface area contributed by atoms with Crippen molar-refractivity contribution in [3.05, 3.63) is 11.6 Å². The van der Waals surface area contributed by atoms with Gasteiger partial charge in [-0.1, -0.05) is 6.08 Å². The molecule has 0 radical (unpaired) electrons. The zero-order chi connectivity index (χ0) is 5.98. The van der Waals surface area contributed by atoms with Gasteiger partial charge in [0.15, 0.2) is 0 Å². The second-order valence-electron chi connectivity index (χ2n) is 1.87. The van der Waals surface area contributed by atoms with Gasteiger partial charge in [0.1, 0.15) is 6.29 Å². The number of hydrogen-bond donors (Lipinski definition) is 1. The lowest BCUT2D eigenvalue weighted by Gasteiger charge is -1.86. The molecule has 1 fully saturated rings. The summed E-state index contributed by atoms with van der Waals surface area (Å²) >= 11 is 0. The summed E-state index contributed by atoms with van der Waals surface area (Å²) in [6, 6.07) is 0.373. The Morgan fingerprint density at radius 2 is 2.50 bits per heavy atom. The molecule has 1 saturated heterocycles. The first-order chi connectivity index (χ1) is 3.88. The molecule has 1 atom stereocenters. The van der Waals surface area contributed by atoms with Gasteiger partial charge in [-0.2, -0.15) is 0 Å². The summed E-state index contributed by atoms with van der Waals surface area (Å²) < 4.78 is 0. The monoisotopic (exact) mass is 111 g/mol. The number of hydrogen-bond acceptors (Lipinski definition) is 2. The fraction of sp³-hybridized carbons (Fsp3) is 0.500. The maximum Gasteiger partial charge on any atom is 0.147 e. The Morgan fingerprint density at radius 1 is 1.88 bits per heavy atom. The molecule has 1 rings (SSSR count). The van der Waals surface area contributed by atoms with E-state index in [-0.39, 0.29) is 0 Å². The molecule has 2 heteroatoms. The largest absolute Gasteiger partial charge is 0.307 e. The molecule has 0 amide bonds. The van der Waals surface area contributed by atoms with E-state index in [0.29, 0.717) is 6.04 Å². The number of aldehydes is 1. The van der Waals surface area contributed by atoms with Crippen LogP contribution in [-0.2, 0) is 4.79 Å². The van der Waals surface area contributed by atoms with Gasteiger partial charge in [-0.15, -0.1) is 0 Å². The standard InChI is InChI=1S/C6H9NO/c1-2-5(4-8)6-3-7-6/h2,4,6-7H,3H2,1H3/b5-2-. The van der Waals surface area contributed by atoms with Crippen LogP contribution >= 0.6 is 0 Å². The summed E-state index contributed by atoms with van der Waals surface area (Å²) in [6.45, 7) is 2.85. The minimum atomic E-state index is 0.373. The van der Waals surface area contributed by atoms with Crippen LogP contribution in [0.15, 0.2) is 11.6 Å². The maximum atomic E-state index is 10.1. The molecule has 1 heterocycles. The first kappa shape index (κ1) is 5.51. The van der Waals surface area contributed by atoms with Crippen molar-refractivity contribution in [2.75, 3.05) is 6.54 Å². The normalized spacial score (nSPS) is 27.6. The highest BCUT2D eigenvalue weighted by molar-refractivity contribution is 5.76. The predicted octanol–water partition coefficient (Wildman–Crippen LogP) is 0.103. The first-order valence-electron chi connectivity index (χ1n) is 2.73. The van der Waals surface area contributed by atoms with Gasteiger partial charge in [0, 0.05) is 18.2 Å². The third-order valence-corrected chi connectivity index (χ3v) is 1.28. The highest BCUT2D eigenvalue weighted by Gasteiger charge is 2.23. The van der Waals surface area contributed by atoms with Crippen LogP contribution in [0.3, 0.4) is 0 Å². The minimum absolute atomic E-state index is 0.373. The summed E-state index contributed by atoms with van der Waals surface area (Å²) in [5.41, 5.74) is 0.880. The van der Waals surface area contributed by atoms with Gasteiger partial charge in [0.05, 0.1) is 0 Å². The van der Waals surface area contributed by atoms with Crippen LogP contribution in [-0.4, -0.2) is 18.9 Å². The van der Waals surface area contributed by atoms with Gasteiger partial charge in [-0.25, -0.2) is 0 Å². The fourth-order valence-electron chi connectivity index (χ4n) is 0.646. The summed E-state index contributed by atoms with van der Waals surface area (Å²) in [4.78, 5) is 10.1. The Kier molecular flexibility index (Phi) is 1.44. The lowest BCUT2D eigenvalue weighted by atomic mass is 10.2. The van der Waals surface area contributed by atoms with Crippen LogP contribution in [0.4, 0.5) is 0 Å². The molecule has 1 aliphatic rings. The number of rotatable bonds is 2. The van der Waals surface area contributed by atoms with Crippen molar-refractivity contribution in [3.63, 3.8) is 0 Å². The SMILES string of the molecule is C/C=C(/C=O)C1CN1. The Labute approximate surface area is 48.6 Å². The highest BCUT2D eigenvalue weighted by atomic mass is 16.1. The lowest BCUT2D eigenvalue weighted by molar-refractivity contribution is -0.105. The predicted molar refractivity (Wildman–Crippen MR) is 31.6 cm³/mol. The molecule has 0 aromatic rings. The van der Waals surface area contributed by atoms with Crippen molar-refractivity contribution >= 4 is 6.29 Å². The number of carbonyl (C=O) groups is 1. The van der Waals surface area contributed by atoms with Crippen molar-refractivity contribution < 1.29 is 4.79 Å². The molecular formula is C6H9NO. The van der Waals surface area contributed by atoms with E-state index in [2.05, 4.69) is 5.32 Å². The Hall–Kier alpha value is -0.630. The number of nitrogens with one attached hydrogen (secondary N) is 1. The van der Waals surface area contributed by atoms with Crippen molar-refractivity contribution in [1.82, 2.24) is 5.32 Å². The average molecular weight is 111 g/mol. The Bertz CT molecular complexity index is 124. The smallest absolute Gasteiger partial charge is 0.147 e. The summed E-state index contributed by atoms with van der Waals surface area (Å²) in [5, 5.41) is 3.04. The van der Waals surface area contributed by atoms with Crippen LogP contribution < -0.4 is 5.32 Å². The quantitative estimate of drug-likeness (QED) is 0.312. The van der Waals surface area contributed by atoms with E-state index in [9.17, 15) is 4.79 Å². The minimum Gasteiger partial charge on any atom is -0.307 e. The molecule has 0 aromatic heterocycles. The number of carbonyl (C=O) groups excluding carboxylic acids is 1. The molecule has 1 aliphatic heterocycles. The third-order valence-electron chi connectivity index (χ3n) is 1.28. The maximum absolute atomic E-state index is 10.1. The molecular weight excluding hydrogens is 102 g/mol. The highest BCUT2D eigenvalue weighted by Crippen LogP contribution is 2.06. The van der Waals surface area contributed by atoms with Gasteiger partial charge >= 0.3 is 0 Å². The van der Waals surface area contributed by atoms with Crippen LogP contribution in [0.5, 0.6) is 0 Å². The summed E-state index contributed by atoms with van der Waals surface area (Å²) in [6.07, 6.45) is 2.75. The van der Waals surface area contributed by atoms with E-state index in [1.165, 1.54) is 0 Å². The Morgan fingerprint density at radius 3 is 2.62 bits per heavy atom. The second kappa shape index (κ2) is 2.09. The molecule has 0 saturated carbocycles. The van der Waals surface area contributed by atoms with E-state index >= 15 is 0 Å². The van der Waals surface area contributed by atoms with E-state index in [4.69, 9.17) is 0 Å². The van der Waals surface area contributed by atoms with Gasteiger partial charge < -0.3 is 5.32 Å². The zero-order valence-electron chi connectivity index (χ0n) is 4.85. The molecule has 1 N–H and O–H groups in total. The molecule has 44 valence electrons. The Balaban J connectivity index is 2.49. The molecule has 0 aromatic carbocycles. The summed E-state index contributed by atoms with van der Waals surface area (Å²) in [5.74, 6) is 0. The lowest BCUT2D eigenvalue weighted by Crippen LogP contribution is -1.96. The topological polar surface area (TPSA) is 39.0 Å². The first-order valence-corrected chi connectivity index (χ1v) is 2.73. The average Bonchev–Trinajstić information content (AvgIpc) is 2.53. The second-order valence-corrected chi connectivity index (χ2v) is 1.87. The van der Waals surface area contributed by atoms with E-state index < -0.39 is 0 Å². The summed E-state index contributed by atoms with van der Waals surface area (Å²) in [7, 11) is 0. The van der Waals surface area contributed by atoms with Crippen LogP contribution in [0.25, 0.3) is 0 Å². The van der Waals surface area contributed by atoms with Crippen molar-refractivity contribution in [1.29, 1.82) is 0 Å². The molecule has 8 heavy (non-hydrogen) atoms. The fourth-order valence-corrected chi connectivity index (χ4v) is 0.646. The van der Waals surface area contributed by atoms with Crippen LogP contribution in [0.2, 0.25) is 0 Å². The molecule has 2 nitrogen and oxygen atoms in total. The molecule has 0 aliphatic carbocycles. The van der Waals surface area contributed by atoms with Gasteiger partial charge in [0.2, 0.25) is 0 Å². The molecule has 1 unspecified atom stereocenters. The van der Waals surface area contributed by atoms with Crippen molar-refractivity contribution in [2.45, 2.75) is 13.0 Å². The van der Waals surface area contributed by atoms with Crippen molar-refractivity contribution in [2.24, 2.45) is 0 Å². The zero-order valence-corrected chi connectivity index (χ0v) is 4.85. The van der Waals surface area contributed by atoms with Crippen LogP contribution in [0.1, 0.15) is 6.92 Å².